The number of methoxy groups -OCH3 is 2. The molecule has 166 valence electrons. The lowest BCUT2D eigenvalue weighted by Crippen LogP contribution is -3.28. The number of esters is 1. The fraction of sp³-hybridized carbons (Fsp3) is 0.417. The molecule has 1 fully saturated rings. The number of ether oxygens (including phenoxy) is 2. The average molecular weight is 428 g/mol. The molecule has 2 aromatic carbocycles. The van der Waals surface area contributed by atoms with Crippen molar-refractivity contribution >= 4 is 11.9 Å². The van der Waals surface area contributed by atoms with Crippen LogP contribution in [0.3, 0.4) is 0 Å². The summed E-state index contributed by atoms with van der Waals surface area (Å²) in [5.74, 6) is 0.345. The van der Waals surface area contributed by atoms with E-state index in [1.165, 1.54) is 22.5 Å². The third kappa shape index (κ3) is 7.08. The van der Waals surface area contributed by atoms with E-state index in [0.29, 0.717) is 13.0 Å². The summed E-state index contributed by atoms with van der Waals surface area (Å²) in [6, 6.07) is 17.2. The second-order valence-electron chi connectivity index (χ2n) is 8.03. The van der Waals surface area contributed by atoms with Gasteiger partial charge in [0, 0.05) is 12.0 Å². The monoisotopic (exact) mass is 427 g/mol. The van der Waals surface area contributed by atoms with Crippen molar-refractivity contribution in [2.45, 2.75) is 19.0 Å². The number of amides is 1. The van der Waals surface area contributed by atoms with Crippen LogP contribution in [0.2, 0.25) is 0 Å². The summed E-state index contributed by atoms with van der Waals surface area (Å²) in [6.07, 6.45) is 0.425. The summed E-state index contributed by atoms with van der Waals surface area (Å²) in [4.78, 5) is 27.5. The fourth-order valence-corrected chi connectivity index (χ4v) is 4.00. The Kier molecular flexibility index (Phi) is 8.44. The molecule has 7 nitrogen and oxygen atoms in total. The van der Waals surface area contributed by atoms with E-state index in [-0.39, 0.29) is 5.91 Å². The van der Waals surface area contributed by atoms with E-state index in [4.69, 9.17) is 9.47 Å². The summed E-state index contributed by atoms with van der Waals surface area (Å²) in [5.41, 5.74) is 2.28. The summed E-state index contributed by atoms with van der Waals surface area (Å²) in [5, 5.41) is 2.87. The molecule has 0 unspecified atom stereocenters. The van der Waals surface area contributed by atoms with Crippen LogP contribution in [0.25, 0.3) is 0 Å². The van der Waals surface area contributed by atoms with Gasteiger partial charge in [0.15, 0.2) is 6.54 Å². The maximum absolute atomic E-state index is 12.6. The number of carbonyl (C=O) groups excluding carboxylic acids is 2. The van der Waals surface area contributed by atoms with Gasteiger partial charge in [-0.3, -0.25) is 4.79 Å². The fourth-order valence-electron chi connectivity index (χ4n) is 4.00. The van der Waals surface area contributed by atoms with Crippen LogP contribution in [0.15, 0.2) is 54.6 Å². The van der Waals surface area contributed by atoms with Gasteiger partial charge in [-0.25, -0.2) is 4.79 Å². The highest BCUT2D eigenvalue weighted by molar-refractivity contribution is 5.85. The molecule has 31 heavy (non-hydrogen) atoms. The maximum atomic E-state index is 12.6. The van der Waals surface area contributed by atoms with Crippen molar-refractivity contribution in [3.63, 3.8) is 0 Å². The maximum Gasteiger partial charge on any atom is 0.328 e. The minimum absolute atomic E-state index is 0.111. The first-order valence-corrected chi connectivity index (χ1v) is 10.8. The number of benzene rings is 2. The van der Waals surface area contributed by atoms with Crippen molar-refractivity contribution in [2.24, 2.45) is 0 Å². The van der Waals surface area contributed by atoms with Gasteiger partial charge in [0.05, 0.1) is 14.2 Å². The van der Waals surface area contributed by atoms with Crippen LogP contribution < -0.4 is 19.9 Å². The molecule has 7 heteroatoms. The van der Waals surface area contributed by atoms with Crippen molar-refractivity contribution in [3.05, 3.63) is 65.7 Å². The summed E-state index contributed by atoms with van der Waals surface area (Å²) >= 11 is 0. The third-order valence-corrected chi connectivity index (χ3v) is 5.79. The van der Waals surface area contributed by atoms with E-state index < -0.39 is 12.0 Å². The predicted molar refractivity (Wildman–Crippen MR) is 117 cm³/mol. The predicted octanol–water partition coefficient (Wildman–Crippen LogP) is -1.12. The van der Waals surface area contributed by atoms with Gasteiger partial charge in [-0.1, -0.05) is 30.3 Å². The molecule has 1 aliphatic heterocycles. The molecule has 3 N–H and O–H groups in total. The molecule has 0 bridgehead atoms. The first kappa shape index (κ1) is 22.8. The van der Waals surface area contributed by atoms with E-state index >= 15 is 0 Å². The van der Waals surface area contributed by atoms with Gasteiger partial charge in [-0.2, -0.15) is 0 Å². The summed E-state index contributed by atoms with van der Waals surface area (Å²) in [6.45, 7) is 5.24. The molecule has 0 aliphatic carbocycles. The molecule has 1 heterocycles. The Morgan fingerprint density at radius 3 is 2.16 bits per heavy atom. The van der Waals surface area contributed by atoms with E-state index in [9.17, 15) is 9.59 Å². The van der Waals surface area contributed by atoms with Gasteiger partial charge >= 0.3 is 5.97 Å². The van der Waals surface area contributed by atoms with Crippen LogP contribution in [0, 0.1) is 0 Å². The van der Waals surface area contributed by atoms with Gasteiger partial charge in [0.25, 0.3) is 5.91 Å². The van der Waals surface area contributed by atoms with Crippen molar-refractivity contribution in [1.82, 2.24) is 5.32 Å². The highest BCUT2D eigenvalue weighted by Crippen LogP contribution is 2.10. The van der Waals surface area contributed by atoms with Crippen molar-refractivity contribution < 1.29 is 28.9 Å². The molecule has 1 amide bonds. The molecule has 1 atom stereocenters. The first-order valence-electron chi connectivity index (χ1n) is 10.8. The molecule has 0 radical (unpaired) electrons. The summed E-state index contributed by atoms with van der Waals surface area (Å²) in [7, 11) is 3.02. The van der Waals surface area contributed by atoms with Crippen LogP contribution in [0.5, 0.6) is 5.75 Å². The van der Waals surface area contributed by atoms with Gasteiger partial charge in [0.2, 0.25) is 0 Å². The highest BCUT2D eigenvalue weighted by Gasteiger charge is 2.27. The Labute approximate surface area is 183 Å². The second-order valence-corrected chi connectivity index (χ2v) is 8.03. The Hall–Kier alpha value is -2.90. The first-order chi connectivity index (χ1) is 15.1. The van der Waals surface area contributed by atoms with E-state index in [1.54, 1.807) is 7.11 Å². The standard InChI is InChI=1S/C24H31N3O4/c1-30-21-10-8-20(9-11-21)17-26-12-14-27(15-13-26)18-23(28)25-22(24(29)31-2)16-19-6-4-3-5-7-19/h3-11,22H,12-18H2,1-2H3,(H,25,28)/p+2/t22-/m0/s1. The number of nitrogens with one attached hydrogen (secondary N) is 3. The van der Waals surface area contributed by atoms with Crippen molar-refractivity contribution in [1.29, 1.82) is 0 Å². The molecule has 0 saturated carbocycles. The number of carbonyl (C=O) groups is 2. The lowest BCUT2D eigenvalue weighted by molar-refractivity contribution is -1.02. The molecular weight excluding hydrogens is 394 g/mol. The Morgan fingerprint density at radius 2 is 1.55 bits per heavy atom. The summed E-state index contributed by atoms with van der Waals surface area (Å²) < 4.78 is 10.1. The van der Waals surface area contributed by atoms with Crippen LogP contribution in [0.1, 0.15) is 11.1 Å². The topological polar surface area (TPSA) is 73.5 Å². The Morgan fingerprint density at radius 1 is 0.903 bits per heavy atom. The number of rotatable bonds is 9. The SMILES string of the molecule is COC(=O)[C@H](Cc1ccccc1)NC(=O)C[NH+]1CC[NH+](Cc2ccc(OC)cc2)CC1. The van der Waals surface area contributed by atoms with E-state index in [0.717, 1.165) is 44.0 Å². The molecule has 1 saturated heterocycles. The molecule has 3 rings (SSSR count). The third-order valence-electron chi connectivity index (χ3n) is 5.79. The normalized spacial score (nSPS) is 19.3. The van der Waals surface area contributed by atoms with Crippen molar-refractivity contribution in [2.75, 3.05) is 46.9 Å². The average Bonchev–Trinajstić information content (AvgIpc) is 2.80. The zero-order valence-corrected chi connectivity index (χ0v) is 18.4. The minimum Gasteiger partial charge on any atom is -0.497 e. The van der Waals surface area contributed by atoms with E-state index in [2.05, 4.69) is 17.4 Å². The van der Waals surface area contributed by atoms with Gasteiger partial charge in [0.1, 0.15) is 44.5 Å². The molecular formula is C24H33N3O4+2. The number of hydrogen-bond donors (Lipinski definition) is 3. The minimum atomic E-state index is -0.665. The Bertz CT molecular complexity index is 834. The van der Waals surface area contributed by atoms with Crippen LogP contribution in [0.4, 0.5) is 0 Å². The lowest BCUT2D eigenvalue weighted by atomic mass is 10.1. The van der Waals surface area contributed by atoms with Gasteiger partial charge in [-0.15, -0.1) is 0 Å². The number of quaternary nitrogens is 2. The largest absolute Gasteiger partial charge is 0.497 e. The van der Waals surface area contributed by atoms with Crippen LogP contribution in [-0.4, -0.2) is 64.9 Å². The van der Waals surface area contributed by atoms with Crippen LogP contribution in [-0.2, 0) is 27.3 Å². The molecule has 1 aliphatic rings. The Balaban J connectivity index is 1.45. The zero-order chi connectivity index (χ0) is 22.1. The molecule has 0 spiro atoms. The molecule has 2 aromatic rings. The van der Waals surface area contributed by atoms with Crippen LogP contribution >= 0.6 is 0 Å². The van der Waals surface area contributed by atoms with Gasteiger partial charge < -0.3 is 24.6 Å². The van der Waals surface area contributed by atoms with Crippen molar-refractivity contribution in [3.8, 4) is 5.75 Å². The number of hydrogen-bond acceptors (Lipinski definition) is 4. The zero-order valence-electron chi connectivity index (χ0n) is 18.4. The van der Waals surface area contributed by atoms with Gasteiger partial charge in [-0.05, 0) is 29.8 Å². The quantitative estimate of drug-likeness (QED) is 0.444. The molecule has 0 aromatic heterocycles. The number of piperazine rings is 1. The lowest BCUT2D eigenvalue weighted by Gasteiger charge is -2.29. The smallest absolute Gasteiger partial charge is 0.328 e. The van der Waals surface area contributed by atoms with E-state index in [1.807, 2.05) is 42.5 Å². The highest BCUT2D eigenvalue weighted by atomic mass is 16.5. The second kappa shape index (κ2) is 11.5.